The number of hydrazine groups is 1. The van der Waals surface area contributed by atoms with E-state index in [2.05, 4.69) is 16.0 Å². The number of hydrogen-bond acceptors (Lipinski definition) is 5. The summed E-state index contributed by atoms with van der Waals surface area (Å²) in [5, 5.41) is 15.1. The zero-order chi connectivity index (χ0) is 21.8. The van der Waals surface area contributed by atoms with Crippen LogP contribution in [0.15, 0.2) is 48.5 Å². The molecule has 9 heteroatoms. The third kappa shape index (κ3) is 4.52. The third-order valence-corrected chi connectivity index (χ3v) is 4.69. The van der Waals surface area contributed by atoms with Crippen molar-refractivity contribution >= 4 is 17.5 Å². The van der Waals surface area contributed by atoms with Crippen LogP contribution < -0.4 is 10.9 Å². The van der Waals surface area contributed by atoms with E-state index in [0.29, 0.717) is 23.5 Å². The molecule has 0 spiro atoms. The lowest BCUT2D eigenvalue weighted by Gasteiger charge is -2.08. The molecule has 0 aliphatic carbocycles. The Morgan fingerprint density at radius 1 is 0.967 bits per heavy atom. The number of hydrogen-bond donors (Lipinski definition) is 2. The minimum Gasteiger partial charge on any atom is -0.267 e. The molecule has 9 nitrogen and oxygen atoms in total. The van der Waals surface area contributed by atoms with Crippen LogP contribution in [-0.4, -0.2) is 26.5 Å². The first kappa shape index (κ1) is 20.7. The van der Waals surface area contributed by atoms with Crippen molar-refractivity contribution in [2.75, 3.05) is 0 Å². The van der Waals surface area contributed by atoms with E-state index in [9.17, 15) is 19.7 Å². The lowest BCUT2D eigenvalue weighted by Crippen LogP contribution is -2.42. The van der Waals surface area contributed by atoms with Gasteiger partial charge in [-0.2, -0.15) is 5.10 Å². The van der Waals surface area contributed by atoms with Crippen molar-refractivity contribution in [1.82, 2.24) is 20.6 Å². The fourth-order valence-corrected chi connectivity index (χ4v) is 3.03. The van der Waals surface area contributed by atoms with Gasteiger partial charge in [0.2, 0.25) is 0 Å². The van der Waals surface area contributed by atoms with Crippen LogP contribution in [0.4, 0.5) is 5.69 Å². The first-order valence-electron chi connectivity index (χ1n) is 9.21. The molecule has 0 aliphatic heterocycles. The maximum Gasteiger partial charge on any atom is 0.273 e. The molecule has 0 fully saturated rings. The molecule has 3 aromatic rings. The van der Waals surface area contributed by atoms with Crippen molar-refractivity contribution < 1.29 is 14.5 Å². The number of aromatic nitrogens is 2. The Morgan fingerprint density at radius 3 is 2.17 bits per heavy atom. The molecule has 0 atom stereocenters. The first-order chi connectivity index (χ1) is 14.3. The van der Waals surface area contributed by atoms with Crippen molar-refractivity contribution in [3.63, 3.8) is 0 Å². The molecule has 0 radical (unpaired) electrons. The summed E-state index contributed by atoms with van der Waals surface area (Å²) in [6.45, 7) is 6.06. The number of carbonyl (C=O) groups excluding carboxylic acids is 2. The number of nitrogens with one attached hydrogen (secondary N) is 2. The predicted octanol–water partition coefficient (Wildman–Crippen LogP) is 2.84. The number of rotatable bonds is 5. The molecular formula is C21H21N5O4. The quantitative estimate of drug-likeness (QED) is 0.498. The number of nitro benzene ring substituents is 1. The highest BCUT2D eigenvalue weighted by molar-refractivity contribution is 6.00. The molecule has 0 saturated heterocycles. The highest BCUT2D eigenvalue weighted by Crippen LogP contribution is 2.15. The van der Waals surface area contributed by atoms with Gasteiger partial charge in [0, 0.05) is 23.4 Å². The van der Waals surface area contributed by atoms with Crippen LogP contribution in [0.25, 0.3) is 0 Å². The van der Waals surface area contributed by atoms with Gasteiger partial charge in [-0.15, -0.1) is 0 Å². The highest BCUT2D eigenvalue weighted by Gasteiger charge is 2.19. The van der Waals surface area contributed by atoms with Crippen LogP contribution in [0.5, 0.6) is 0 Å². The Morgan fingerprint density at radius 2 is 1.57 bits per heavy atom. The zero-order valence-corrected chi connectivity index (χ0v) is 16.8. The van der Waals surface area contributed by atoms with Crippen molar-refractivity contribution in [2.45, 2.75) is 27.3 Å². The van der Waals surface area contributed by atoms with Crippen molar-refractivity contribution in [3.05, 3.63) is 92.3 Å². The van der Waals surface area contributed by atoms with Gasteiger partial charge in [-0.25, -0.2) is 0 Å². The molecule has 2 amide bonds. The number of nitrogens with zero attached hydrogens (tertiary/aromatic N) is 3. The number of amides is 2. The molecule has 154 valence electrons. The van der Waals surface area contributed by atoms with Crippen molar-refractivity contribution in [2.24, 2.45) is 0 Å². The van der Waals surface area contributed by atoms with Gasteiger partial charge < -0.3 is 0 Å². The Hall–Kier alpha value is -4.01. The second-order valence-electron chi connectivity index (χ2n) is 6.90. The molecule has 2 aromatic carbocycles. The van der Waals surface area contributed by atoms with Gasteiger partial charge in [-0.1, -0.05) is 29.8 Å². The summed E-state index contributed by atoms with van der Waals surface area (Å²) < 4.78 is 1.74. The number of aryl methyl sites for hydroxylation is 2. The van der Waals surface area contributed by atoms with E-state index in [1.54, 1.807) is 18.5 Å². The molecule has 0 bridgehead atoms. The van der Waals surface area contributed by atoms with Gasteiger partial charge in [-0.3, -0.25) is 35.2 Å². The average Bonchev–Trinajstić information content (AvgIpc) is 3.00. The van der Waals surface area contributed by atoms with Crippen LogP contribution in [-0.2, 0) is 6.54 Å². The molecular weight excluding hydrogens is 386 g/mol. The Bertz CT molecular complexity index is 1100. The highest BCUT2D eigenvalue weighted by atomic mass is 16.6. The number of non-ortho nitro benzene ring substituents is 1. The van der Waals surface area contributed by atoms with E-state index in [1.807, 2.05) is 31.2 Å². The minimum atomic E-state index is -0.583. The van der Waals surface area contributed by atoms with Crippen LogP contribution >= 0.6 is 0 Å². The van der Waals surface area contributed by atoms with Gasteiger partial charge >= 0.3 is 0 Å². The summed E-state index contributed by atoms with van der Waals surface area (Å²) in [7, 11) is 0. The smallest absolute Gasteiger partial charge is 0.267 e. The normalized spacial score (nSPS) is 10.5. The van der Waals surface area contributed by atoms with Gasteiger partial charge in [0.25, 0.3) is 17.5 Å². The summed E-state index contributed by atoms with van der Waals surface area (Å²) >= 11 is 0. The van der Waals surface area contributed by atoms with E-state index in [1.165, 1.54) is 24.3 Å². The molecule has 0 saturated carbocycles. The summed E-state index contributed by atoms with van der Waals surface area (Å²) in [6, 6.07) is 13.1. The van der Waals surface area contributed by atoms with Crippen molar-refractivity contribution in [3.8, 4) is 0 Å². The molecule has 30 heavy (non-hydrogen) atoms. The monoisotopic (exact) mass is 407 g/mol. The van der Waals surface area contributed by atoms with Gasteiger partial charge in [0.05, 0.1) is 22.7 Å². The maximum atomic E-state index is 12.6. The summed E-state index contributed by atoms with van der Waals surface area (Å²) in [6.07, 6.45) is 0. The summed E-state index contributed by atoms with van der Waals surface area (Å²) in [4.78, 5) is 34.9. The fraction of sp³-hybridized carbons (Fsp3) is 0.190. The molecule has 0 unspecified atom stereocenters. The van der Waals surface area contributed by atoms with Gasteiger partial charge in [0.15, 0.2) is 0 Å². The summed E-state index contributed by atoms with van der Waals surface area (Å²) in [5.74, 6) is -1.07. The minimum absolute atomic E-state index is 0.122. The molecule has 1 aromatic heterocycles. The third-order valence-electron chi connectivity index (χ3n) is 4.69. The molecule has 0 aliphatic rings. The fourth-order valence-electron chi connectivity index (χ4n) is 3.03. The topological polar surface area (TPSA) is 119 Å². The van der Waals surface area contributed by atoms with Gasteiger partial charge in [-0.05, 0) is 38.5 Å². The van der Waals surface area contributed by atoms with E-state index in [4.69, 9.17) is 0 Å². The van der Waals surface area contributed by atoms with Crippen molar-refractivity contribution in [1.29, 1.82) is 0 Å². The lowest BCUT2D eigenvalue weighted by atomic mass is 10.1. The van der Waals surface area contributed by atoms with E-state index < -0.39 is 16.7 Å². The lowest BCUT2D eigenvalue weighted by molar-refractivity contribution is -0.384. The summed E-state index contributed by atoms with van der Waals surface area (Å²) in [5.41, 5.74) is 8.58. The number of carbonyl (C=O) groups is 2. The van der Waals surface area contributed by atoms with E-state index >= 15 is 0 Å². The second-order valence-corrected chi connectivity index (χ2v) is 6.90. The SMILES string of the molecule is Cc1ccc(Cn2nc(C)c(C(=O)NNC(=O)c3ccc([N+](=O)[O-])cc3)c2C)cc1. The zero-order valence-electron chi connectivity index (χ0n) is 16.8. The molecule has 3 rings (SSSR count). The Kier molecular flexibility index (Phi) is 5.91. The Balaban J connectivity index is 1.67. The van der Waals surface area contributed by atoms with Crippen LogP contribution in [0.1, 0.15) is 43.2 Å². The Labute approximate surface area is 172 Å². The van der Waals surface area contributed by atoms with Gasteiger partial charge in [0.1, 0.15) is 0 Å². The molecule has 1 heterocycles. The van der Waals surface area contributed by atoms with Crippen LogP contribution in [0.3, 0.4) is 0 Å². The number of nitro groups is 1. The standard InChI is InChI=1S/C21H21N5O4/c1-13-4-6-16(7-5-13)12-25-15(3)19(14(2)24-25)21(28)23-22-20(27)17-8-10-18(11-9-17)26(29)30/h4-11H,12H2,1-3H3,(H,22,27)(H,23,28). The van der Waals surface area contributed by atoms with E-state index in [-0.39, 0.29) is 11.3 Å². The molecule has 2 N–H and O–H groups in total. The predicted molar refractivity (Wildman–Crippen MR) is 110 cm³/mol. The first-order valence-corrected chi connectivity index (χ1v) is 9.21. The average molecular weight is 407 g/mol. The largest absolute Gasteiger partial charge is 0.273 e. The van der Waals surface area contributed by atoms with Crippen LogP contribution in [0.2, 0.25) is 0 Å². The van der Waals surface area contributed by atoms with Crippen LogP contribution in [0, 0.1) is 30.9 Å². The maximum absolute atomic E-state index is 12.6. The number of benzene rings is 2. The van der Waals surface area contributed by atoms with E-state index in [0.717, 1.165) is 11.1 Å². The second kappa shape index (κ2) is 8.56.